The summed E-state index contributed by atoms with van der Waals surface area (Å²) in [6.45, 7) is 2.57. The minimum Gasteiger partial charge on any atom is -0.487 e. The Hall–Kier alpha value is -2.66. The van der Waals surface area contributed by atoms with Crippen molar-refractivity contribution < 1.29 is 9.53 Å². The molecule has 5 heteroatoms. The Balaban J connectivity index is 1.12. The lowest BCUT2D eigenvalue weighted by Gasteiger charge is -2.62. The first kappa shape index (κ1) is 21.8. The number of benzene rings is 2. The van der Waals surface area contributed by atoms with Gasteiger partial charge in [0.2, 0.25) is 5.91 Å². The fourth-order valence-corrected chi connectivity index (χ4v) is 8.22. The zero-order chi connectivity index (χ0) is 23.2. The van der Waals surface area contributed by atoms with E-state index in [0.29, 0.717) is 18.2 Å². The Morgan fingerprint density at radius 1 is 1.06 bits per heavy atom. The SMILES string of the molecule is Cc1ccc(C23CC4CC(CC(CC(=O)Nc5nc(COc6ccccc6)cs5)(C4)C2)C3)cc1. The molecule has 2 aromatic carbocycles. The minimum absolute atomic E-state index is 0.117. The average Bonchev–Trinajstić information content (AvgIpc) is 3.24. The molecule has 4 saturated carbocycles. The third kappa shape index (κ3) is 4.26. The van der Waals surface area contributed by atoms with Crippen LogP contribution in [0.15, 0.2) is 60.0 Å². The lowest BCUT2D eigenvalue weighted by Crippen LogP contribution is -2.54. The maximum Gasteiger partial charge on any atom is 0.226 e. The molecule has 0 saturated heterocycles. The van der Waals surface area contributed by atoms with Crippen molar-refractivity contribution in [2.75, 3.05) is 5.32 Å². The van der Waals surface area contributed by atoms with Gasteiger partial charge in [0.25, 0.3) is 0 Å². The highest BCUT2D eigenvalue weighted by Gasteiger charge is 2.58. The van der Waals surface area contributed by atoms with Crippen LogP contribution in [0.5, 0.6) is 5.75 Å². The number of anilines is 1. The third-order valence-electron chi connectivity index (χ3n) is 8.31. The molecule has 1 amide bonds. The predicted octanol–water partition coefficient (Wildman–Crippen LogP) is 6.90. The zero-order valence-electron chi connectivity index (χ0n) is 19.8. The van der Waals surface area contributed by atoms with Gasteiger partial charge in [-0.15, -0.1) is 11.3 Å². The molecular weight excluding hydrogens is 440 g/mol. The number of hydrogen-bond acceptors (Lipinski definition) is 4. The number of hydrogen-bond donors (Lipinski definition) is 1. The second-order valence-electron chi connectivity index (χ2n) is 11.1. The Labute approximate surface area is 205 Å². The van der Waals surface area contributed by atoms with Gasteiger partial charge in [-0.25, -0.2) is 4.98 Å². The van der Waals surface area contributed by atoms with Gasteiger partial charge in [0, 0.05) is 11.8 Å². The van der Waals surface area contributed by atoms with E-state index in [1.54, 1.807) is 0 Å². The molecule has 1 N–H and O–H groups in total. The van der Waals surface area contributed by atoms with Crippen LogP contribution in [0, 0.1) is 24.2 Å². The molecular formula is C29H32N2O2S. The number of rotatable bonds is 7. The van der Waals surface area contributed by atoms with E-state index < -0.39 is 0 Å². The van der Waals surface area contributed by atoms with E-state index in [9.17, 15) is 4.79 Å². The smallest absolute Gasteiger partial charge is 0.226 e. The van der Waals surface area contributed by atoms with Crippen molar-refractivity contribution in [3.05, 3.63) is 76.8 Å². The topological polar surface area (TPSA) is 51.2 Å². The number of aromatic nitrogens is 1. The Kier molecular flexibility index (Phi) is 5.48. The van der Waals surface area contributed by atoms with E-state index in [2.05, 4.69) is 41.5 Å². The summed E-state index contributed by atoms with van der Waals surface area (Å²) in [5.41, 5.74) is 4.06. The number of aryl methyl sites for hydroxylation is 1. The van der Waals surface area contributed by atoms with Crippen LogP contribution in [0.4, 0.5) is 5.13 Å². The summed E-state index contributed by atoms with van der Waals surface area (Å²) in [7, 11) is 0. The maximum absolute atomic E-state index is 13.2. The second kappa shape index (κ2) is 8.53. The minimum atomic E-state index is 0.117. The Morgan fingerprint density at radius 3 is 2.53 bits per heavy atom. The third-order valence-corrected chi connectivity index (χ3v) is 9.12. The van der Waals surface area contributed by atoms with Crippen molar-refractivity contribution in [2.45, 2.75) is 63.9 Å². The molecule has 4 nitrogen and oxygen atoms in total. The van der Waals surface area contributed by atoms with Crippen LogP contribution in [-0.2, 0) is 16.8 Å². The number of para-hydroxylation sites is 1. The average molecular weight is 473 g/mol. The first-order chi connectivity index (χ1) is 16.5. The van der Waals surface area contributed by atoms with Crippen LogP contribution in [-0.4, -0.2) is 10.9 Å². The molecule has 3 aromatic rings. The van der Waals surface area contributed by atoms with Crippen molar-refractivity contribution in [3.63, 3.8) is 0 Å². The molecule has 4 bridgehead atoms. The molecule has 1 heterocycles. The van der Waals surface area contributed by atoms with Crippen LogP contribution in [0.25, 0.3) is 0 Å². The highest BCUT2D eigenvalue weighted by Crippen LogP contribution is 2.66. The largest absolute Gasteiger partial charge is 0.487 e. The molecule has 176 valence electrons. The molecule has 4 aliphatic carbocycles. The number of thiazole rings is 1. The van der Waals surface area contributed by atoms with Gasteiger partial charge in [-0.3, -0.25) is 4.79 Å². The maximum atomic E-state index is 13.2. The van der Waals surface area contributed by atoms with E-state index in [1.165, 1.54) is 54.6 Å². The zero-order valence-corrected chi connectivity index (χ0v) is 20.6. The van der Waals surface area contributed by atoms with Crippen LogP contribution in [0.1, 0.15) is 61.8 Å². The van der Waals surface area contributed by atoms with E-state index in [-0.39, 0.29) is 16.7 Å². The van der Waals surface area contributed by atoms with E-state index >= 15 is 0 Å². The van der Waals surface area contributed by atoms with E-state index in [0.717, 1.165) is 29.7 Å². The summed E-state index contributed by atoms with van der Waals surface area (Å²) in [6, 6.07) is 19.0. The monoisotopic (exact) mass is 472 g/mol. The number of nitrogens with one attached hydrogen (secondary N) is 1. The van der Waals surface area contributed by atoms with Crippen molar-refractivity contribution >= 4 is 22.4 Å². The number of nitrogens with zero attached hydrogens (tertiary/aromatic N) is 1. The van der Waals surface area contributed by atoms with Gasteiger partial charge < -0.3 is 10.1 Å². The van der Waals surface area contributed by atoms with Gasteiger partial charge in [0.15, 0.2) is 5.13 Å². The summed E-state index contributed by atoms with van der Waals surface area (Å²) in [4.78, 5) is 17.8. The van der Waals surface area contributed by atoms with Crippen LogP contribution >= 0.6 is 11.3 Å². The van der Waals surface area contributed by atoms with Crippen LogP contribution < -0.4 is 10.1 Å². The summed E-state index contributed by atoms with van der Waals surface area (Å²) in [5.74, 6) is 2.46. The van der Waals surface area contributed by atoms with Crippen LogP contribution in [0.3, 0.4) is 0 Å². The molecule has 4 fully saturated rings. The molecule has 1 aromatic heterocycles. The summed E-state index contributed by atoms with van der Waals surface area (Å²) >= 11 is 1.48. The standard InChI is InChI=1S/C29H32N2O2S/c1-20-7-9-23(10-8-20)29-14-21-11-22(15-29)13-28(12-21,19-29)16-26(32)31-27-30-24(18-34-27)17-33-25-5-3-2-4-6-25/h2-10,18,21-22H,11-17,19H2,1H3,(H,30,31,32). The normalized spacial score (nSPS) is 29.2. The van der Waals surface area contributed by atoms with Gasteiger partial charge in [-0.05, 0) is 85.8 Å². The summed E-state index contributed by atoms with van der Waals surface area (Å²) < 4.78 is 5.79. The van der Waals surface area contributed by atoms with Gasteiger partial charge in [0.05, 0.1) is 5.69 Å². The van der Waals surface area contributed by atoms with Crippen molar-refractivity contribution in [3.8, 4) is 5.75 Å². The lowest BCUT2D eigenvalue weighted by molar-refractivity contribution is -0.126. The number of ether oxygens (including phenoxy) is 1. The fraction of sp³-hybridized carbons (Fsp3) is 0.448. The van der Waals surface area contributed by atoms with Crippen molar-refractivity contribution in [2.24, 2.45) is 17.3 Å². The fourth-order valence-electron chi connectivity index (χ4n) is 7.51. The summed E-state index contributed by atoms with van der Waals surface area (Å²) in [5, 5.41) is 5.75. The molecule has 4 aliphatic rings. The molecule has 34 heavy (non-hydrogen) atoms. The van der Waals surface area contributed by atoms with Gasteiger partial charge in [-0.1, -0.05) is 48.0 Å². The van der Waals surface area contributed by atoms with Gasteiger partial charge in [-0.2, -0.15) is 0 Å². The Morgan fingerprint density at radius 2 is 1.79 bits per heavy atom. The van der Waals surface area contributed by atoms with Gasteiger partial charge >= 0.3 is 0 Å². The first-order valence-electron chi connectivity index (χ1n) is 12.5. The van der Waals surface area contributed by atoms with Crippen molar-refractivity contribution in [1.29, 1.82) is 0 Å². The lowest BCUT2D eigenvalue weighted by atomic mass is 9.42. The van der Waals surface area contributed by atoms with E-state index in [4.69, 9.17) is 4.74 Å². The molecule has 7 rings (SSSR count). The first-order valence-corrected chi connectivity index (χ1v) is 13.4. The highest BCUT2D eigenvalue weighted by atomic mass is 32.1. The number of carbonyl (C=O) groups excluding carboxylic acids is 1. The second-order valence-corrected chi connectivity index (χ2v) is 11.9. The quantitative estimate of drug-likeness (QED) is 0.407. The molecule has 2 unspecified atom stereocenters. The van der Waals surface area contributed by atoms with Crippen molar-refractivity contribution in [1.82, 2.24) is 4.98 Å². The summed E-state index contributed by atoms with van der Waals surface area (Å²) in [6.07, 6.45) is 8.13. The van der Waals surface area contributed by atoms with E-state index in [1.807, 2.05) is 35.7 Å². The van der Waals surface area contributed by atoms with Crippen LogP contribution in [0.2, 0.25) is 0 Å². The number of amides is 1. The molecule has 0 radical (unpaired) electrons. The molecule has 0 spiro atoms. The molecule has 0 aliphatic heterocycles. The Bertz CT molecular complexity index is 1160. The molecule has 2 atom stereocenters. The highest BCUT2D eigenvalue weighted by molar-refractivity contribution is 7.13. The van der Waals surface area contributed by atoms with Gasteiger partial charge in [0.1, 0.15) is 12.4 Å². The predicted molar refractivity (Wildman–Crippen MR) is 136 cm³/mol. The number of carbonyl (C=O) groups is 1.